The summed E-state index contributed by atoms with van der Waals surface area (Å²) in [5.74, 6) is -3.89. The van der Waals surface area contributed by atoms with Crippen LogP contribution in [0, 0.1) is 0 Å². The van der Waals surface area contributed by atoms with E-state index in [1.165, 1.54) is 31.2 Å². The summed E-state index contributed by atoms with van der Waals surface area (Å²) in [6.07, 6.45) is -1.48. The smallest absolute Gasteiger partial charge is 0.326 e. The fourth-order valence-electron chi connectivity index (χ4n) is 3.41. The molecule has 12 nitrogen and oxygen atoms in total. The normalized spacial score (nSPS) is 14.9. The van der Waals surface area contributed by atoms with Crippen molar-refractivity contribution in [2.24, 2.45) is 5.73 Å². The summed E-state index contributed by atoms with van der Waals surface area (Å²) < 4.78 is 0. The molecule has 0 bridgehead atoms. The molecule has 0 aliphatic rings. The number of phenolic OH excluding ortho intramolecular Hbond substituents is 1. The summed E-state index contributed by atoms with van der Waals surface area (Å²) in [6, 6.07) is 9.04. The monoisotopic (exact) mass is 516 g/mol. The van der Waals surface area contributed by atoms with Crippen molar-refractivity contribution in [3.05, 3.63) is 65.7 Å². The van der Waals surface area contributed by atoms with E-state index >= 15 is 0 Å². The first-order chi connectivity index (χ1) is 17.5. The van der Waals surface area contributed by atoms with Gasteiger partial charge < -0.3 is 42.1 Å². The number of aliphatic hydroxyl groups excluding tert-OH is 2. The zero-order valence-electron chi connectivity index (χ0n) is 20.2. The van der Waals surface area contributed by atoms with Crippen molar-refractivity contribution in [3.8, 4) is 5.75 Å². The SMILES string of the molecule is CC(O)C(NC(=O)C(N)CO)C(=O)NC(Cc1ccccc1)C(=O)NC(Cc1ccc(O)cc1)C(=O)O. The number of carbonyl (C=O) groups is 4. The van der Waals surface area contributed by atoms with Gasteiger partial charge in [-0.3, -0.25) is 14.4 Å². The van der Waals surface area contributed by atoms with Crippen molar-refractivity contribution in [2.45, 2.75) is 50.0 Å². The summed E-state index contributed by atoms with van der Waals surface area (Å²) >= 11 is 0. The minimum Gasteiger partial charge on any atom is -0.508 e. The Morgan fingerprint density at radius 1 is 0.811 bits per heavy atom. The van der Waals surface area contributed by atoms with E-state index in [0.29, 0.717) is 11.1 Å². The van der Waals surface area contributed by atoms with Crippen LogP contribution in [-0.2, 0) is 32.0 Å². The lowest BCUT2D eigenvalue weighted by Gasteiger charge is -2.26. The lowest BCUT2D eigenvalue weighted by Crippen LogP contribution is -2.60. The standard InChI is InChI=1S/C25H32N4O8/c1-14(31)21(29-22(33)18(26)13-30)24(35)27-19(11-15-5-3-2-4-6-15)23(34)28-20(25(36)37)12-16-7-9-17(32)10-8-16/h2-10,14,18-21,30-32H,11-13,26H2,1H3,(H,27,35)(H,28,34)(H,29,33)(H,36,37). The third-order valence-electron chi connectivity index (χ3n) is 5.50. The van der Waals surface area contributed by atoms with Crippen LogP contribution in [0.1, 0.15) is 18.1 Å². The number of amides is 3. The van der Waals surface area contributed by atoms with E-state index < -0.39 is 60.6 Å². The van der Waals surface area contributed by atoms with E-state index in [0.717, 1.165) is 0 Å². The van der Waals surface area contributed by atoms with Crippen molar-refractivity contribution >= 4 is 23.7 Å². The Morgan fingerprint density at radius 3 is 1.89 bits per heavy atom. The highest BCUT2D eigenvalue weighted by Crippen LogP contribution is 2.12. The van der Waals surface area contributed by atoms with Gasteiger partial charge in [-0.15, -0.1) is 0 Å². The highest BCUT2D eigenvalue weighted by Gasteiger charge is 2.32. The van der Waals surface area contributed by atoms with Gasteiger partial charge >= 0.3 is 5.97 Å². The number of nitrogens with two attached hydrogens (primary N) is 1. The van der Waals surface area contributed by atoms with Crippen LogP contribution in [0.15, 0.2) is 54.6 Å². The van der Waals surface area contributed by atoms with Gasteiger partial charge in [-0.25, -0.2) is 4.79 Å². The van der Waals surface area contributed by atoms with Gasteiger partial charge in [0.15, 0.2) is 0 Å². The second kappa shape index (κ2) is 13.9. The van der Waals surface area contributed by atoms with E-state index in [1.54, 1.807) is 30.3 Å². The third kappa shape index (κ3) is 9.18. The molecule has 200 valence electrons. The first-order valence-corrected chi connectivity index (χ1v) is 11.5. The molecule has 12 heteroatoms. The fraction of sp³-hybridized carbons (Fsp3) is 0.360. The zero-order chi connectivity index (χ0) is 27.5. The van der Waals surface area contributed by atoms with Gasteiger partial charge in [0.2, 0.25) is 17.7 Å². The molecular formula is C25H32N4O8. The number of nitrogens with one attached hydrogen (secondary N) is 3. The average Bonchev–Trinajstić information content (AvgIpc) is 2.87. The number of aromatic hydroxyl groups is 1. The molecule has 0 saturated heterocycles. The Bertz CT molecular complexity index is 1060. The number of hydrogen-bond acceptors (Lipinski definition) is 8. The average molecular weight is 517 g/mol. The van der Waals surface area contributed by atoms with E-state index in [4.69, 9.17) is 10.8 Å². The Kier molecular flexibility index (Phi) is 11.0. The van der Waals surface area contributed by atoms with Gasteiger partial charge in [0, 0.05) is 12.8 Å². The number of carboxylic acid groups (broad SMARTS) is 1. The van der Waals surface area contributed by atoms with Crippen molar-refractivity contribution in [1.82, 2.24) is 16.0 Å². The lowest BCUT2D eigenvalue weighted by molar-refractivity contribution is -0.142. The number of aliphatic hydroxyl groups is 2. The first kappa shape index (κ1) is 29.2. The Hall–Kier alpha value is -4.00. The first-order valence-electron chi connectivity index (χ1n) is 11.5. The quantitative estimate of drug-likeness (QED) is 0.154. The lowest BCUT2D eigenvalue weighted by atomic mass is 10.0. The number of carboxylic acids is 1. The summed E-state index contributed by atoms with van der Waals surface area (Å²) in [4.78, 5) is 50.1. The number of phenols is 1. The maximum Gasteiger partial charge on any atom is 0.326 e. The largest absolute Gasteiger partial charge is 0.508 e. The Morgan fingerprint density at radius 2 is 1.35 bits per heavy atom. The molecule has 2 aromatic carbocycles. The van der Waals surface area contributed by atoms with Gasteiger partial charge in [-0.2, -0.15) is 0 Å². The molecule has 0 aromatic heterocycles. The summed E-state index contributed by atoms with van der Waals surface area (Å²) in [6.45, 7) is 0.565. The zero-order valence-corrected chi connectivity index (χ0v) is 20.2. The van der Waals surface area contributed by atoms with Crippen molar-refractivity contribution in [2.75, 3.05) is 6.61 Å². The molecule has 3 amide bonds. The number of hydrogen-bond donors (Lipinski definition) is 8. The van der Waals surface area contributed by atoms with Crippen LogP contribution < -0.4 is 21.7 Å². The highest BCUT2D eigenvalue weighted by atomic mass is 16.4. The highest BCUT2D eigenvalue weighted by molar-refractivity contribution is 5.94. The molecule has 9 N–H and O–H groups in total. The molecule has 2 aromatic rings. The molecule has 0 saturated carbocycles. The number of carbonyl (C=O) groups excluding carboxylic acids is 3. The molecule has 0 aliphatic carbocycles. The van der Waals surface area contributed by atoms with Crippen LogP contribution in [0.2, 0.25) is 0 Å². The molecule has 37 heavy (non-hydrogen) atoms. The molecule has 0 radical (unpaired) electrons. The Labute approximate surface area is 213 Å². The summed E-state index contributed by atoms with van der Waals surface area (Å²) in [7, 11) is 0. The van der Waals surface area contributed by atoms with Crippen LogP contribution in [0.4, 0.5) is 0 Å². The van der Waals surface area contributed by atoms with Crippen molar-refractivity contribution in [1.29, 1.82) is 0 Å². The minimum atomic E-state index is -1.50. The van der Waals surface area contributed by atoms with Gasteiger partial charge in [0.25, 0.3) is 0 Å². The third-order valence-corrected chi connectivity index (χ3v) is 5.50. The predicted octanol–water partition coefficient (Wildman–Crippen LogP) is -1.58. The van der Waals surface area contributed by atoms with E-state index in [2.05, 4.69) is 16.0 Å². The molecule has 5 atom stereocenters. The number of rotatable bonds is 13. The van der Waals surface area contributed by atoms with Gasteiger partial charge in [-0.1, -0.05) is 42.5 Å². The van der Waals surface area contributed by atoms with Crippen molar-refractivity contribution in [3.63, 3.8) is 0 Å². The summed E-state index contributed by atoms with van der Waals surface area (Å²) in [5, 5.41) is 45.3. The maximum atomic E-state index is 13.2. The van der Waals surface area contributed by atoms with Gasteiger partial charge in [0.1, 0.15) is 29.9 Å². The van der Waals surface area contributed by atoms with Crippen LogP contribution >= 0.6 is 0 Å². The molecule has 0 spiro atoms. The van der Waals surface area contributed by atoms with Crippen LogP contribution in [0.5, 0.6) is 5.75 Å². The number of aliphatic carboxylic acids is 1. The molecule has 5 unspecified atom stereocenters. The van der Waals surface area contributed by atoms with Crippen LogP contribution in [0.3, 0.4) is 0 Å². The molecular weight excluding hydrogens is 484 g/mol. The second-order valence-corrected chi connectivity index (χ2v) is 8.54. The molecule has 2 rings (SSSR count). The topological polar surface area (TPSA) is 211 Å². The Balaban J connectivity index is 2.23. The maximum absolute atomic E-state index is 13.2. The molecule has 0 heterocycles. The van der Waals surface area contributed by atoms with E-state index in [-0.39, 0.29) is 18.6 Å². The molecule has 0 aliphatic heterocycles. The predicted molar refractivity (Wildman–Crippen MR) is 132 cm³/mol. The van der Waals surface area contributed by atoms with Gasteiger partial charge in [-0.05, 0) is 30.2 Å². The van der Waals surface area contributed by atoms with E-state index in [1.807, 2.05) is 0 Å². The second-order valence-electron chi connectivity index (χ2n) is 8.54. The van der Waals surface area contributed by atoms with Gasteiger partial charge in [0.05, 0.1) is 12.7 Å². The number of benzene rings is 2. The minimum absolute atomic E-state index is 0.00463. The van der Waals surface area contributed by atoms with E-state index in [9.17, 15) is 34.5 Å². The van der Waals surface area contributed by atoms with Crippen LogP contribution in [-0.4, -0.2) is 81.0 Å². The molecule has 0 fully saturated rings. The fourth-order valence-corrected chi connectivity index (χ4v) is 3.41. The van der Waals surface area contributed by atoms with Crippen molar-refractivity contribution < 1.29 is 39.6 Å². The van der Waals surface area contributed by atoms with Crippen LogP contribution in [0.25, 0.3) is 0 Å². The summed E-state index contributed by atoms with van der Waals surface area (Å²) in [5.41, 5.74) is 6.67.